The van der Waals surface area contributed by atoms with Crippen LogP contribution in [0.4, 0.5) is 5.69 Å². The van der Waals surface area contributed by atoms with Crippen LogP contribution in [0.1, 0.15) is 74.0 Å². The smallest absolute Gasteiger partial charge is 0.251 e. The number of rotatable bonds is 14. The largest absolute Gasteiger partial charge is 0.618 e. The van der Waals surface area contributed by atoms with E-state index in [9.17, 15) is 19.9 Å². The van der Waals surface area contributed by atoms with Crippen LogP contribution in [0.25, 0.3) is 0 Å². The van der Waals surface area contributed by atoms with Gasteiger partial charge in [0, 0.05) is 48.4 Å². The van der Waals surface area contributed by atoms with Gasteiger partial charge in [0.1, 0.15) is 0 Å². The van der Waals surface area contributed by atoms with Gasteiger partial charge in [-0.3, -0.25) is 14.8 Å². The summed E-state index contributed by atoms with van der Waals surface area (Å²) in [4.78, 5) is 23.6. The van der Waals surface area contributed by atoms with Gasteiger partial charge in [-0.1, -0.05) is 61.0 Å². The first-order valence-corrected chi connectivity index (χ1v) is 15.1. The number of benzene rings is 2. The van der Waals surface area contributed by atoms with Crippen LogP contribution < -0.4 is 15.5 Å². The topological polar surface area (TPSA) is 144 Å². The molecule has 10 nitrogen and oxygen atoms in total. The maximum Gasteiger partial charge on any atom is 0.251 e. The summed E-state index contributed by atoms with van der Waals surface area (Å²) in [6.45, 7) is -0.0368. The van der Waals surface area contributed by atoms with E-state index in [-0.39, 0.29) is 31.1 Å². The molecule has 2 aromatic carbocycles. The summed E-state index contributed by atoms with van der Waals surface area (Å²) < 4.78 is 13.6. The lowest BCUT2D eigenvalue weighted by atomic mass is 10.0. The van der Waals surface area contributed by atoms with Crippen molar-refractivity contribution in [3.8, 4) is 0 Å². The highest BCUT2D eigenvalue weighted by Crippen LogP contribution is 2.39. The first-order valence-electron chi connectivity index (χ1n) is 14.1. The first kappa shape index (κ1) is 31.5. The summed E-state index contributed by atoms with van der Waals surface area (Å²) >= 11 is 1.43. The number of unbranched alkanes of at least 4 members (excludes halogenated alkanes) is 3. The van der Waals surface area contributed by atoms with Crippen LogP contribution >= 0.6 is 11.8 Å². The molecule has 1 saturated heterocycles. The molecular formula is C31H37N3O7S. The number of thioether (sulfide) groups is 1. The fourth-order valence-corrected chi connectivity index (χ4v) is 5.63. The lowest BCUT2D eigenvalue weighted by Gasteiger charge is -2.36. The molecule has 11 heteroatoms. The van der Waals surface area contributed by atoms with Crippen molar-refractivity contribution < 1.29 is 34.1 Å². The van der Waals surface area contributed by atoms with E-state index in [4.69, 9.17) is 14.7 Å². The summed E-state index contributed by atoms with van der Waals surface area (Å²) in [5.74, 6) is 0.0512. The number of anilines is 1. The number of hydrogen-bond acceptors (Lipinski definition) is 8. The minimum Gasteiger partial charge on any atom is -0.618 e. The number of pyridine rings is 1. The molecule has 0 aliphatic carbocycles. The van der Waals surface area contributed by atoms with Crippen molar-refractivity contribution in [1.29, 1.82) is 0 Å². The van der Waals surface area contributed by atoms with Crippen LogP contribution in [0.2, 0.25) is 0 Å². The molecule has 3 unspecified atom stereocenters. The third kappa shape index (κ3) is 9.53. The molecule has 0 radical (unpaired) electrons. The molecule has 3 aromatic rings. The van der Waals surface area contributed by atoms with Gasteiger partial charge >= 0.3 is 0 Å². The van der Waals surface area contributed by atoms with Crippen molar-refractivity contribution in [3.05, 3.63) is 94.8 Å². The third-order valence-corrected chi connectivity index (χ3v) is 8.10. The van der Waals surface area contributed by atoms with E-state index in [1.165, 1.54) is 18.0 Å². The molecule has 42 heavy (non-hydrogen) atoms. The molecule has 1 aliphatic rings. The second-order valence-corrected chi connectivity index (χ2v) is 11.2. The van der Waals surface area contributed by atoms with Crippen LogP contribution in [0.3, 0.4) is 0 Å². The van der Waals surface area contributed by atoms with Gasteiger partial charge in [0.25, 0.3) is 5.03 Å². The van der Waals surface area contributed by atoms with Gasteiger partial charge in [0.15, 0.2) is 12.5 Å². The maximum absolute atomic E-state index is 12.6. The zero-order valence-corrected chi connectivity index (χ0v) is 24.1. The van der Waals surface area contributed by atoms with Gasteiger partial charge in [-0.25, -0.2) is 5.48 Å². The Balaban J connectivity index is 1.39. The van der Waals surface area contributed by atoms with Gasteiger partial charge in [-0.15, -0.1) is 0 Å². The molecular weight excluding hydrogens is 558 g/mol. The third-order valence-electron chi connectivity index (χ3n) is 6.95. The molecule has 1 aromatic heterocycles. The second-order valence-electron chi connectivity index (χ2n) is 10.1. The summed E-state index contributed by atoms with van der Waals surface area (Å²) in [6, 6.07) is 20.4. The minimum absolute atomic E-state index is 0.0368. The van der Waals surface area contributed by atoms with Gasteiger partial charge in [-0.05, 0) is 42.2 Å². The zero-order valence-electron chi connectivity index (χ0n) is 23.3. The van der Waals surface area contributed by atoms with Crippen LogP contribution in [0.5, 0.6) is 0 Å². The predicted octanol–water partition coefficient (Wildman–Crippen LogP) is 4.93. The molecule has 1 fully saturated rings. The fraction of sp³-hybridized carbons (Fsp3) is 0.387. The number of nitrogens with zero attached hydrogens (tertiary/aromatic N) is 1. The SMILES string of the molecule is O=C(CCCCCCC(=O)Nc1cccc(C2OC(CSc3cccc[n+]3[O-])CC(c3ccc(CO)cc3)O2)c1)NO. The maximum atomic E-state index is 12.6. The van der Waals surface area contributed by atoms with E-state index in [1.807, 2.05) is 54.6 Å². The second kappa shape index (κ2) is 16.2. The quantitative estimate of drug-likeness (QED) is 0.0513. The van der Waals surface area contributed by atoms with Gasteiger partial charge in [-0.2, -0.15) is 4.73 Å². The monoisotopic (exact) mass is 595 g/mol. The predicted molar refractivity (Wildman–Crippen MR) is 157 cm³/mol. The van der Waals surface area contributed by atoms with Crippen LogP contribution in [0.15, 0.2) is 78.0 Å². The van der Waals surface area contributed by atoms with Gasteiger partial charge in [0.2, 0.25) is 11.8 Å². The Morgan fingerprint density at radius 1 is 0.929 bits per heavy atom. The number of carbonyl (C=O) groups excluding carboxylic acids is 2. The standard InChI is InChI=1S/C31H37N3O7S/c35-20-22-13-15-23(16-14-22)27-19-26(21-42-30-12-5-6-17-34(30)39)40-31(41-27)24-8-7-9-25(18-24)32-28(36)10-3-1-2-4-11-29(37)33-38/h5-9,12-18,26-27,31,35,38H,1-4,10-11,19-21H2,(H,32,36)(H,33,37). The summed E-state index contributed by atoms with van der Waals surface area (Å²) in [7, 11) is 0. The Hall–Kier alpha value is -3.48. The lowest BCUT2D eigenvalue weighted by molar-refractivity contribution is -0.645. The number of ether oxygens (including phenoxy) is 2. The molecule has 1 aliphatic heterocycles. The summed E-state index contributed by atoms with van der Waals surface area (Å²) in [6.07, 6.45) is 4.49. The summed E-state index contributed by atoms with van der Waals surface area (Å²) in [5, 5.41) is 33.7. The average Bonchev–Trinajstić information content (AvgIpc) is 3.02. The Morgan fingerprint density at radius 3 is 2.40 bits per heavy atom. The van der Waals surface area contributed by atoms with E-state index in [0.717, 1.165) is 34.3 Å². The zero-order chi connectivity index (χ0) is 29.7. The van der Waals surface area contributed by atoms with E-state index in [1.54, 1.807) is 17.6 Å². The molecule has 0 bridgehead atoms. The number of aliphatic hydroxyl groups is 1. The fourth-order valence-electron chi connectivity index (χ4n) is 4.69. The molecule has 4 rings (SSSR count). The van der Waals surface area contributed by atoms with Crippen molar-refractivity contribution in [2.24, 2.45) is 0 Å². The van der Waals surface area contributed by atoms with E-state index in [2.05, 4.69) is 5.32 Å². The van der Waals surface area contributed by atoms with E-state index >= 15 is 0 Å². The Kier molecular flexibility index (Phi) is 12.2. The van der Waals surface area contributed by atoms with Crippen molar-refractivity contribution in [1.82, 2.24) is 5.48 Å². The highest BCUT2D eigenvalue weighted by molar-refractivity contribution is 7.99. The Morgan fingerprint density at radius 2 is 1.69 bits per heavy atom. The lowest BCUT2D eigenvalue weighted by Crippen LogP contribution is -2.32. The number of amides is 2. The van der Waals surface area contributed by atoms with Crippen molar-refractivity contribution in [2.75, 3.05) is 11.1 Å². The van der Waals surface area contributed by atoms with Gasteiger partial charge < -0.3 is 25.1 Å². The number of nitrogens with one attached hydrogen (secondary N) is 2. The number of aromatic nitrogens is 1. The summed E-state index contributed by atoms with van der Waals surface area (Å²) in [5.41, 5.74) is 4.81. The van der Waals surface area contributed by atoms with Crippen LogP contribution in [-0.2, 0) is 25.7 Å². The number of hydrogen-bond donors (Lipinski definition) is 4. The van der Waals surface area contributed by atoms with Crippen LogP contribution in [-0.4, -0.2) is 34.0 Å². The Labute approximate surface area is 249 Å². The van der Waals surface area contributed by atoms with Crippen LogP contribution in [0, 0.1) is 5.21 Å². The van der Waals surface area contributed by atoms with E-state index < -0.39 is 12.2 Å². The first-order chi connectivity index (χ1) is 20.4. The molecule has 0 spiro atoms. The molecule has 4 N–H and O–H groups in total. The molecule has 224 valence electrons. The molecule has 2 heterocycles. The molecule has 3 atom stereocenters. The highest BCUT2D eigenvalue weighted by Gasteiger charge is 2.33. The number of aliphatic hydroxyl groups excluding tert-OH is 1. The van der Waals surface area contributed by atoms with Crippen molar-refractivity contribution >= 4 is 29.3 Å². The Bertz CT molecular complexity index is 1310. The average molecular weight is 596 g/mol. The van der Waals surface area contributed by atoms with Crippen molar-refractivity contribution in [2.45, 2.75) is 75.1 Å². The van der Waals surface area contributed by atoms with E-state index in [0.29, 0.717) is 42.1 Å². The number of carbonyl (C=O) groups is 2. The molecule has 0 saturated carbocycles. The number of hydroxylamine groups is 1. The highest BCUT2D eigenvalue weighted by atomic mass is 32.2. The van der Waals surface area contributed by atoms with Crippen molar-refractivity contribution in [3.63, 3.8) is 0 Å². The normalized spacial score (nSPS) is 18.4. The minimum atomic E-state index is -0.685. The van der Waals surface area contributed by atoms with Gasteiger partial charge in [0.05, 0.1) is 18.8 Å². The molecule has 2 amide bonds.